The van der Waals surface area contributed by atoms with Crippen LogP contribution in [0.2, 0.25) is 0 Å². The molecular formula is C31H35F3N4O6. The third kappa shape index (κ3) is 6.39. The lowest BCUT2D eigenvalue weighted by molar-refractivity contribution is -0.137. The Bertz CT molecular complexity index is 1460. The van der Waals surface area contributed by atoms with Crippen molar-refractivity contribution in [2.75, 3.05) is 33.9 Å². The van der Waals surface area contributed by atoms with E-state index in [1.54, 1.807) is 6.07 Å². The third-order valence-electron chi connectivity index (χ3n) is 8.70. The van der Waals surface area contributed by atoms with Gasteiger partial charge in [0.1, 0.15) is 17.6 Å². The fourth-order valence-electron chi connectivity index (χ4n) is 6.57. The maximum absolute atomic E-state index is 14.3. The van der Waals surface area contributed by atoms with Gasteiger partial charge in [0.05, 0.1) is 25.0 Å². The number of carbonyl (C=O) groups excluding carboxylic acids is 3. The summed E-state index contributed by atoms with van der Waals surface area (Å²) in [7, 11) is 2.48. The van der Waals surface area contributed by atoms with Crippen molar-refractivity contribution in [2.24, 2.45) is 0 Å². The van der Waals surface area contributed by atoms with Crippen LogP contribution in [0.15, 0.2) is 47.7 Å². The van der Waals surface area contributed by atoms with Crippen LogP contribution in [-0.2, 0) is 14.3 Å². The molecule has 3 aliphatic rings. The average Bonchev–Trinajstić information content (AvgIpc) is 3.46. The molecule has 1 aliphatic carbocycles. The van der Waals surface area contributed by atoms with Crippen molar-refractivity contribution in [1.29, 1.82) is 0 Å². The van der Waals surface area contributed by atoms with E-state index in [2.05, 4.69) is 15.5 Å². The number of imide groups is 1. The summed E-state index contributed by atoms with van der Waals surface area (Å²) >= 11 is 0. The first-order chi connectivity index (χ1) is 21.1. The Labute approximate surface area is 252 Å². The lowest BCUT2D eigenvalue weighted by Crippen LogP contribution is -2.56. The van der Waals surface area contributed by atoms with Crippen LogP contribution in [0.3, 0.4) is 0 Å². The number of nitrogens with zero attached hydrogens (tertiary/aromatic N) is 2. The number of carbonyl (C=O) groups is 3. The summed E-state index contributed by atoms with van der Waals surface area (Å²) in [5, 5.41) is 15.6. The average molecular weight is 617 g/mol. The number of amides is 4. The monoisotopic (exact) mass is 616 g/mol. The Balaban J connectivity index is 1.30. The molecule has 0 unspecified atom stereocenters. The highest BCUT2D eigenvalue weighted by Gasteiger charge is 2.44. The molecule has 1 saturated heterocycles. The van der Waals surface area contributed by atoms with E-state index >= 15 is 0 Å². The molecule has 0 radical (unpaired) electrons. The quantitative estimate of drug-likeness (QED) is 0.393. The van der Waals surface area contributed by atoms with E-state index in [0.717, 1.165) is 61.5 Å². The zero-order chi connectivity index (χ0) is 31.5. The lowest BCUT2D eigenvalue weighted by atomic mass is 9.81. The van der Waals surface area contributed by atoms with Crippen molar-refractivity contribution < 1.29 is 42.1 Å². The molecular weight excluding hydrogens is 581 g/mol. The fraction of sp³-hybridized carbons (Fsp3) is 0.452. The Morgan fingerprint density at radius 2 is 1.77 bits per heavy atom. The predicted molar refractivity (Wildman–Crippen MR) is 152 cm³/mol. The minimum absolute atomic E-state index is 0.0000902. The molecule has 44 heavy (non-hydrogen) atoms. The Hall–Kier alpha value is -4.10. The van der Waals surface area contributed by atoms with Crippen LogP contribution in [0, 0.1) is 17.5 Å². The molecule has 2 aromatic carbocycles. The van der Waals surface area contributed by atoms with Crippen molar-refractivity contribution >= 4 is 18.0 Å². The number of likely N-dealkylation sites (tertiary alicyclic amines) is 1. The molecule has 2 aromatic rings. The summed E-state index contributed by atoms with van der Waals surface area (Å²) < 4.78 is 51.6. The summed E-state index contributed by atoms with van der Waals surface area (Å²) in [6.45, 7) is 1.04. The number of urea groups is 2. The Kier molecular flexibility index (Phi) is 9.45. The van der Waals surface area contributed by atoms with Crippen molar-refractivity contribution in [2.45, 2.75) is 56.1 Å². The minimum atomic E-state index is -1.41. The summed E-state index contributed by atoms with van der Waals surface area (Å²) in [5.41, 5.74) is 0.646. The molecule has 2 heterocycles. The van der Waals surface area contributed by atoms with Gasteiger partial charge < -0.3 is 25.2 Å². The van der Waals surface area contributed by atoms with Gasteiger partial charge >= 0.3 is 18.0 Å². The molecule has 0 spiro atoms. The highest BCUT2D eigenvalue weighted by Crippen LogP contribution is 2.40. The number of ether oxygens (including phenoxy) is 2. The van der Waals surface area contributed by atoms with Gasteiger partial charge in [0.15, 0.2) is 11.6 Å². The molecule has 2 aliphatic heterocycles. The van der Waals surface area contributed by atoms with Crippen LogP contribution in [0.25, 0.3) is 0 Å². The standard InChI is InChI=1S/C31H35F3N4O6/c1-43-16-25-27(29(40)44-2)28(18-5-10-23(33)24(34)13-18)38(31(42)36-25)30(41)35-20-11-12-37(15-20)21-7-3-17(4-8-21)22-9-6-19(32)14-26(22)39/h5-6,9-10,13-14,17,20-21,28,39H,3-4,7-8,11-12,15-16H2,1-2H3,(H,35,41)(H,36,42)/t17?,20-,21?,28+/m1/s1. The van der Waals surface area contributed by atoms with Gasteiger partial charge in [-0.05, 0) is 67.3 Å². The second-order valence-corrected chi connectivity index (χ2v) is 11.3. The molecule has 1 saturated carbocycles. The van der Waals surface area contributed by atoms with E-state index in [1.165, 1.54) is 19.2 Å². The number of hydrogen-bond donors (Lipinski definition) is 3. The molecule has 2 fully saturated rings. The number of methoxy groups -OCH3 is 2. The van der Waals surface area contributed by atoms with E-state index < -0.39 is 41.5 Å². The van der Waals surface area contributed by atoms with Crippen LogP contribution >= 0.6 is 0 Å². The van der Waals surface area contributed by atoms with Crippen LogP contribution in [-0.4, -0.2) is 78.9 Å². The molecule has 2 atom stereocenters. The van der Waals surface area contributed by atoms with Crippen molar-refractivity contribution in [3.63, 3.8) is 0 Å². The first kappa shape index (κ1) is 31.3. The SMILES string of the molecule is COCC1=C(C(=O)OC)[C@H](c2ccc(F)c(F)c2)N(C(=O)N[C@@H]2CCN(C3CCC(c4ccc(F)cc4O)CC3)C2)C(=O)N1. The first-order valence-corrected chi connectivity index (χ1v) is 14.5. The molecule has 4 amide bonds. The van der Waals surface area contributed by atoms with Gasteiger partial charge in [-0.25, -0.2) is 32.5 Å². The van der Waals surface area contributed by atoms with Gasteiger partial charge in [-0.1, -0.05) is 12.1 Å². The summed E-state index contributed by atoms with van der Waals surface area (Å²) in [4.78, 5) is 42.9. The van der Waals surface area contributed by atoms with Crippen molar-refractivity contribution in [3.8, 4) is 5.75 Å². The number of esters is 1. The van der Waals surface area contributed by atoms with Gasteiger partial charge in [0.25, 0.3) is 0 Å². The summed E-state index contributed by atoms with van der Waals surface area (Å²) in [6.07, 6.45) is 4.00. The molecule has 0 bridgehead atoms. The second kappa shape index (κ2) is 13.3. The third-order valence-corrected chi connectivity index (χ3v) is 8.70. The fourth-order valence-corrected chi connectivity index (χ4v) is 6.57. The van der Waals surface area contributed by atoms with E-state index in [-0.39, 0.29) is 47.2 Å². The van der Waals surface area contributed by atoms with Gasteiger partial charge in [-0.3, -0.25) is 4.90 Å². The van der Waals surface area contributed by atoms with Crippen LogP contribution in [0.4, 0.5) is 22.8 Å². The minimum Gasteiger partial charge on any atom is -0.508 e. The normalized spacial score (nSPS) is 24.3. The van der Waals surface area contributed by atoms with Crippen LogP contribution < -0.4 is 10.6 Å². The highest BCUT2D eigenvalue weighted by molar-refractivity contribution is 6.01. The molecule has 13 heteroatoms. The Morgan fingerprint density at radius 1 is 1.02 bits per heavy atom. The molecule has 5 rings (SSSR count). The predicted octanol–water partition coefficient (Wildman–Crippen LogP) is 4.46. The van der Waals surface area contributed by atoms with Crippen LogP contribution in [0.5, 0.6) is 5.75 Å². The zero-order valence-corrected chi connectivity index (χ0v) is 24.4. The number of phenolic OH excluding ortho intramolecular Hbond substituents is 1. The van der Waals surface area contributed by atoms with Gasteiger partial charge in [-0.15, -0.1) is 0 Å². The summed E-state index contributed by atoms with van der Waals surface area (Å²) in [5.74, 6) is -3.57. The van der Waals surface area contributed by atoms with Gasteiger partial charge in [-0.2, -0.15) is 0 Å². The van der Waals surface area contributed by atoms with E-state index in [0.29, 0.717) is 19.5 Å². The topological polar surface area (TPSA) is 120 Å². The smallest absolute Gasteiger partial charge is 0.338 e. The molecule has 236 valence electrons. The number of rotatable bonds is 7. The largest absolute Gasteiger partial charge is 0.508 e. The molecule has 10 nitrogen and oxygen atoms in total. The van der Waals surface area contributed by atoms with Crippen molar-refractivity contribution in [3.05, 3.63) is 76.2 Å². The van der Waals surface area contributed by atoms with E-state index in [1.807, 2.05) is 0 Å². The van der Waals surface area contributed by atoms with E-state index in [4.69, 9.17) is 9.47 Å². The number of benzene rings is 2. The summed E-state index contributed by atoms with van der Waals surface area (Å²) in [6, 6.07) is 3.90. The van der Waals surface area contributed by atoms with Gasteiger partial charge in [0, 0.05) is 38.3 Å². The van der Waals surface area contributed by atoms with E-state index in [9.17, 15) is 32.7 Å². The number of hydrogen-bond acceptors (Lipinski definition) is 7. The molecule has 0 aromatic heterocycles. The van der Waals surface area contributed by atoms with Crippen LogP contribution in [0.1, 0.15) is 55.2 Å². The maximum Gasteiger partial charge on any atom is 0.338 e. The number of aromatic hydroxyl groups is 1. The first-order valence-electron chi connectivity index (χ1n) is 14.5. The maximum atomic E-state index is 14.3. The van der Waals surface area contributed by atoms with Crippen molar-refractivity contribution in [1.82, 2.24) is 20.4 Å². The highest BCUT2D eigenvalue weighted by atomic mass is 19.2. The molecule has 3 N–H and O–H groups in total. The second-order valence-electron chi connectivity index (χ2n) is 11.3. The Morgan fingerprint density at radius 3 is 2.43 bits per heavy atom. The zero-order valence-electron chi connectivity index (χ0n) is 24.4. The number of halogens is 3. The van der Waals surface area contributed by atoms with Gasteiger partial charge in [0.2, 0.25) is 0 Å². The number of nitrogens with one attached hydrogen (secondary N) is 2. The lowest BCUT2D eigenvalue weighted by Gasteiger charge is -2.37. The number of phenols is 1.